The fraction of sp³-hybridized carbons (Fsp3) is 1.00. The molecule has 0 aromatic rings. The average molecular weight is 242 g/mol. The van der Waals surface area contributed by atoms with Gasteiger partial charge in [0.05, 0.1) is 12.2 Å². The highest BCUT2D eigenvalue weighted by Crippen LogP contribution is 2.32. The van der Waals surface area contributed by atoms with Crippen molar-refractivity contribution in [3.05, 3.63) is 0 Å². The van der Waals surface area contributed by atoms with Gasteiger partial charge in [0, 0.05) is 38.9 Å². The maximum atomic E-state index is 6.07. The van der Waals surface area contributed by atoms with Crippen LogP contribution in [0, 0.1) is 0 Å². The molecular formula is C13H26N2O2. The van der Waals surface area contributed by atoms with E-state index >= 15 is 0 Å². The lowest BCUT2D eigenvalue weighted by molar-refractivity contribution is -0.0811. The molecule has 100 valence electrons. The monoisotopic (exact) mass is 242 g/mol. The number of methoxy groups -OCH3 is 1. The van der Waals surface area contributed by atoms with E-state index in [0.29, 0.717) is 12.2 Å². The summed E-state index contributed by atoms with van der Waals surface area (Å²) in [6.07, 6.45) is 5.19. The van der Waals surface area contributed by atoms with Gasteiger partial charge in [0.2, 0.25) is 0 Å². The van der Waals surface area contributed by atoms with Gasteiger partial charge in [0.25, 0.3) is 0 Å². The predicted octanol–water partition coefficient (Wildman–Crippen LogP) is 0.994. The summed E-state index contributed by atoms with van der Waals surface area (Å²) >= 11 is 0. The molecule has 0 spiro atoms. The number of likely N-dealkylation sites (tertiary alicyclic amines) is 1. The number of nitrogens with two attached hydrogens (primary N) is 1. The molecule has 2 aliphatic rings. The molecule has 2 heterocycles. The Balaban J connectivity index is 1.98. The van der Waals surface area contributed by atoms with Gasteiger partial charge in [-0.05, 0) is 32.6 Å². The Labute approximate surface area is 104 Å². The molecule has 0 bridgehead atoms. The van der Waals surface area contributed by atoms with Crippen molar-refractivity contribution in [2.24, 2.45) is 5.73 Å². The summed E-state index contributed by atoms with van der Waals surface area (Å²) in [7, 11) is 1.82. The third-order valence-corrected chi connectivity index (χ3v) is 4.46. The Kier molecular flexibility index (Phi) is 4.42. The molecule has 4 heteroatoms. The van der Waals surface area contributed by atoms with Gasteiger partial charge in [-0.3, -0.25) is 4.90 Å². The van der Waals surface area contributed by atoms with Crippen LogP contribution in [0.15, 0.2) is 0 Å². The molecule has 2 atom stereocenters. The lowest BCUT2D eigenvalue weighted by atomic mass is 9.83. The first kappa shape index (κ1) is 13.3. The molecule has 2 saturated heterocycles. The molecule has 0 amide bonds. The average Bonchev–Trinajstić information content (AvgIpc) is 2.38. The van der Waals surface area contributed by atoms with Crippen molar-refractivity contribution >= 4 is 0 Å². The zero-order chi connectivity index (χ0) is 12.3. The first-order chi connectivity index (χ1) is 8.20. The van der Waals surface area contributed by atoms with Crippen LogP contribution in [0.1, 0.15) is 32.6 Å². The second-order valence-corrected chi connectivity index (χ2v) is 5.49. The summed E-state index contributed by atoms with van der Waals surface area (Å²) < 4.78 is 11.1. The van der Waals surface area contributed by atoms with Gasteiger partial charge < -0.3 is 15.2 Å². The summed E-state index contributed by atoms with van der Waals surface area (Å²) in [6.45, 7) is 5.98. The van der Waals surface area contributed by atoms with Crippen molar-refractivity contribution in [2.75, 3.05) is 33.4 Å². The van der Waals surface area contributed by atoms with Gasteiger partial charge >= 0.3 is 0 Å². The van der Waals surface area contributed by atoms with Gasteiger partial charge in [-0.15, -0.1) is 0 Å². The zero-order valence-corrected chi connectivity index (χ0v) is 11.2. The van der Waals surface area contributed by atoms with Crippen LogP contribution < -0.4 is 5.73 Å². The highest BCUT2D eigenvalue weighted by atomic mass is 16.5. The normalized spacial score (nSPS) is 37.2. The number of ether oxygens (including phenoxy) is 2. The number of hydrogen-bond acceptors (Lipinski definition) is 4. The van der Waals surface area contributed by atoms with Crippen molar-refractivity contribution in [3.63, 3.8) is 0 Å². The second-order valence-electron chi connectivity index (χ2n) is 5.49. The Bertz CT molecular complexity index is 242. The van der Waals surface area contributed by atoms with E-state index in [0.717, 1.165) is 51.9 Å². The van der Waals surface area contributed by atoms with Crippen molar-refractivity contribution < 1.29 is 9.47 Å². The molecule has 17 heavy (non-hydrogen) atoms. The predicted molar refractivity (Wildman–Crippen MR) is 68.0 cm³/mol. The third kappa shape index (κ3) is 2.81. The smallest absolute Gasteiger partial charge is 0.0595 e. The fourth-order valence-corrected chi connectivity index (χ4v) is 3.31. The van der Waals surface area contributed by atoms with Crippen LogP contribution in [0.5, 0.6) is 0 Å². The number of hydrogen-bond donors (Lipinski definition) is 1. The highest BCUT2D eigenvalue weighted by molar-refractivity contribution is 4.97. The van der Waals surface area contributed by atoms with Crippen LogP contribution in [-0.2, 0) is 9.47 Å². The summed E-state index contributed by atoms with van der Waals surface area (Å²) in [6, 6.07) is 0. The summed E-state index contributed by atoms with van der Waals surface area (Å²) in [5, 5.41) is 0. The fourth-order valence-electron chi connectivity index (χ4n) is 3.31. The summed E-state index contributed by atoms with van der Waals surface area (Å²) in [4.78, 5) is 2.58. The topological polar surface area (TPSA) is 47.7 Å². The molecule has 2 N–H and O–H groups in total. The van der Waals surface area contributed by atoms with Crippen LogP contribution in [0.2, 0.25) is 0 Å². The summed E-state index contributed by atoms with van der Waals surface area (Å²) in [5.41, 5.74) is 6.25. The van der Waals surface area contributed by atoms with Gasteiger partial charge in [-0.25, -0.2) is 0 Å². The van der Waals surface area contributed by atoms with Crippen molar-refractivity contribution in [3.8, 4) is 0 Å². The van der Waals surface area contributed by atoms with Gasteiger partial charge in [-0.2, -0.15) is 0 Å². The maximum Gasteiger partial charge on any atom is 0.0595 e. The molecular weight excluding hydrogens is 216 g/mol. The Morgan fingerprint density at radius 1 is 1.41 bits per heavy atom. The van der Waals surface area contributed by atoms with E-state index in [1.54, 1.807) is 0 Å². The van der Waals surface area contributed by atoms with E-state index in [1.165, 1.54) is 0 Å². The minimum absolute atomic E-state index is 0.177. The zero-order valence-electron chi connectivity index (χ0n) is 11.2. The molecule has 2 aliphatic heterocycles. The molecule has 0 aliphatic carbocycles. The molecule has 0 aromatic carbocycles. The minimum atomic E-state index is 0.177. The standard InChI is InChI=1S/C13H26N2O2/c1-11-9-13(10-14,5-8-17-11)15-6-3-12(16-2)4-7-15/h11-12H,3-10,14H2,1-2H3. The molecule has 0 radical (unpaired) electrons. The van der Waals surface area contributed by atoms with E-state index in [-0.39, 0.29) is 5.54 Å². The lowest BCUT2D eigenvalue weighted by Crippen LogP contribution is -2.60. The van der Waals surface area contributed by atoms with E-state index in [4.69, 9.17) is 15.2 Å². The lowest BCUT2D eigenvalue weighted by Gasteiger charge is -2.49. The molecule has 4 nitrogen and oxygen atoms in total. The van der Waals surface area contributed by atoms with Gasteiger partial charge in [0.15, 0.2) is 0 Å². The third-order valence-electron chi connectivity index (χ3n) is 4.46. The van der Waals surface area contributed by atoms with Crippen LogP contribution in [0.4, 0.5) is 0 Å². The van der Waals surface area contributed by atoms with E-state index in [9.17, 15) is 0 Å². The van der Waals surface area contributed by atoms with E-state index in [2.05, 4.69) is 11.8 Å². The van der Waals surface area contributed by atoms with E-state index < -0.39 is 0 Å². The first-order valence-electron chi connectivity index (χ1n) is 6.80. The molecule has 2 fully saturated rings. The Hall–Kier alpha value is -0.160. The van der Waals surface area contributed by atoms with Gasteiger partial charge in [0.1, 0.15) is 0 Å². The Morgan fingerprint density at radius 2 is 2.12 bits per heavy atom. The van der Waals surface area contributed by atoms with Crippen LogP contribution >= 0.6 is 0 Å². The minimum Gasteiger partial charge on any atom is -0.381 e. The molecule has 2 rings (SSSR count). The van der Waals surface area contributed by atoms with Crippen LogP contribution in [0.3, 0.4) is 0 Å². The van der Waals surface area contributed by atoms with Crippen molar-refractivity contribution in [1.82, 2.24) is 4.90 Å². The quantitative estimate of drug-likeness (QED) is 0.802. The Morgan fingerprint density at radius 3 is 2.65 bits per heavy atom. The van der Waals surface area contributed by atoms with E-state index in [1.807, 2.05) is 7.11 Å². The van der Waals surface area contributed by atoms with Crippen LogP contribution in [0.25, 0.3) is 0 Å². The van der Waals surface area contributed by atoms with Gasteiger partial charge in [-0.1, -0.05) is 0 Å². The summed E-state index contributed by atoms with van der Waals surface area (Å²) in [5.74, 6) is 0. The van der Waals surface area contributed by atoms with Crippen LogP contribution in [-0.4, -0.2) is 56.0 Å². The van der Waals surface area contributed by atoms with Crippen molar-refractivity contribution in [2.45, 2.75) is 50.4 Å². The van der Waals surface area contributed by atoms with Crippen molar-refractivity contribution in [1.29, 1.82) is 0 Å². The molecule has 0 saturated carbocycles. The molecule has 0 aromatic heterocycles. The second kappa shape index (κ2) is 5.65. The number of piperidine rings is 1. The SMILES string of the molecule is COC1CCN(C2(CN)CCOC(C)C2)CC1. The highest BCUT2D eigenvalue weighted by Gasteiger charge is 2.40. The number of rotatable bonds is 3. The molecule has 2 unspecified atom stereocenters. The first-order valence-corrected chi connectivity index (χ1v) is 6.80. The largest absolute Gasteiger partial charge is 0.381 e. The maximum absolute atomic E-state index is 6.07. The number of nitrogens with zero attached hydrogens (tertiary/aromatic N) is 1.